The lowest BCUT2D eigenvalue weighted by molar-refractivity contribution is -0.110. The summed E-state index contributed by atoms with van der Waals surface area (Å²) in [6.07, 6.45) is 3.75. The smallest absolute Gasteiger partial charge is 0.207 e. The van der Waals surface area contributed by atoms with Crippen molar-refractivity contribution in [2.75, 3.05) is 20.3 Å². The number of benzene rings is 1. The topological polar surface area (TPSA) is 47.6 Å². The molecular formula is C18H26ClNO3. The molecule has 1 aromatic rings. The van der Waals surface area contributed by atoms with Gasteiger partial charge in [0.1, 0.15) is 5.75 Å². The third kappa shape index (κ3) is 4.39. The maximum atomic E-state index is 11.0. The number of halogens is 1. The summed E-state index contributed by atoms with van der Waals surface area (Å²) in [6, 6.07) is 6.06. The highest BCUT2D eigenvalue weighted by molar-refractivity contribution is 6.32. The Morgan fingerprint density at radius 2 is 2.17 bits per heavy atom. The second kappa shape index (κ2) is 8.02. The molecule has 0 spiro atoms. The van der Waals surface area contributed by atoms with E-state index in [0.717, 1.165) is 25.7 Å². The summed E-state index contributed by atoms with van der Waals surface area (Å²) in [6.45, 7) is 5.64. The van der Waals surface area contributed by atoms with Gasteiger partial charge in [-0.05, 0) is 36.0 Å². The summed E-state index contributed by atoms with van der Waals surface area (Å²) >= 11 is 6.24. The number of hydrogen-bond acceptors (Lipinski definition) is 3. The molecule has 2 unspecified atom stereocenters. The SMILES string of the molecule is COCCCOc1cc(C2CCC(C)(C)C2NC=O)ccc1Cl. The second-order valence-electron chi connectivity index (χ2n) is 6.78. The van der Waals surface area contributed by atoms with Crippen LogP contribution in [-0.4, -0.2) is 32.8 Å². The lowest BCUT2D eigenvalue weighted by atomic mass is 9.83. The zero-order valence-electron chi connectivity index (χ0n) is 14.1. The molecule has 1 aliphatic rings. The standard InChI is InChI=1S/C18H26ClNO3/c1-18(2)8-7-14(17(18)20-12-21)13-5-6-15(19)16(11-13)23-10-4-9-22-3/h5-6,11-12,14,17H,4,7-10H2,1-3H3,(H,20,21). The molecule has 2 rings (SSSR count). The van der Waals surface area contributed by atoms with Gasteiger partial charge >= 0.3 is 0 Å². The highest BCUT2D eigenvalue weighted by atomic mass is 35.5. The average molecular weight is 340 g/mol. The first kappa shape index (κ1) is 18.1. The molecule has 0 radical (unpaired) electrons. The fourth-order valence-corrected chi connectivity index (χ4v) is 3.59. The van der Waals surface area contributed by atoms with Gasteiger partial charge in [-0.15, -0.1) is 0 Å². The van der Waals surface area contributed by atoms with E-state index in [2.05, 4.69) is 19.2 Å². The highest BCUT2D eigenvalue weighted by Gasteiger charge is 2.42. The van der Waals surface area contributed by atoms with E-state index in [1.807, 2.05) is 18.2 Å². The third-order valence-electron chi connectivity index (χ3n) is 4.73. The molecule has 5 heteroatoms. The highest BCUT2D eigenvalue weighted by Crippen LogP contribution is 2.47. The Bertz CT molecular complexity index is 533. The van der Waals surface area contributed by atoms with Crippen molar-refractivity contribution in [3.63, 3.8) is 0 Å². The van der Waals surface area contributed by atoms with Crippen LogP contribution in [0, 0.1) is 5.41 Å². The molecule has 0 aromatic heterocycles. The summed E-state index contributed by atoms with van der Waals surface area (Å²) < 4.78 is 10.8. The number of ether oxygens (including phenoxy) is 2. The van der Waals surface area contributed by atoms with Crippen molar-refractivity contribution in [1.82, 2.24) is 5.32 Å². The Morgan fingerprint density at radius 1 is 1.39 bits per heavy atom. The molecule has 1 fully saturated rings. The monoisotopic (exact) mass is 339 g/mol. The van der Waals surface area contributed by atoms with Gasteiger partial charge in [-0.1, -0.05) is 31.5 Å². The summed E-state index contributed by atoms with van der Waals surface area (Å²) in [5.74, 6) is 0.989. The molecule has 1 aromatic carbocycles. The van der Waals surface area contributed by atoms with Crippen LogP contribution in [0.25, 0.3) is 0 Å². The van der Waals surface area contributed by atoms with E-state index in [-0.39, 0.29) is 17.4 Å². The average Bonchev–Trinajstić information content (AvgIpc) is 2.81. The van der Waals surface area contributed by atoms with Crippen molar-refractivity contribution in [2.45, 2.75) is 45.1 Å². The van der Waals surface area contributed by atoms with Crippen LogP contribution in [0.3, 0.4) is 0 Å². The Balaban J connectivity index is 2.14. The first-order valence-electron chi connectivity index (χ1n) is 8.10. The fraction of sp³-hybridized carbons (Fsp3) is 0.611. The number of hydrogen-bond donors (Lipinski definition) is 1. The molecule has 4 nitrogen and oxygen atoms in total. The maximum Gasteiger partial charge on any atom is 0.207 e. The lowest BCUT2D eigenvalue weighted by Crippen LogP contribution is -2.40. The van der Waals surface area contributed by atoms with Gasteiger partial charge in [-0.25, -0.2) is 0 Å². The molecule has 23 heavy (non-hydrogen) atoms. The van der Waals surface area contributed by atoms with Crippen molar-refractivity contribution in [3.8, 4) is 5.75 Å². The number of methoxy groups -OCH3 is 1. The number of nitrogens with one attached hydrogen (secondary N) is 1. The van der Waals surface area contributed by atoms with Gasteiger partial charge < -0.3 is 14.8 Å². The molecule has 0 aliphatic heterocycles. The summed E-state index contributed by atoms with van der Waals surface area (Å²) in [5, 5.41) is 3.62. The molecular weight excluding hydrogens is 314 g/mol. The van der Waals surface area contributed by atoms with Crippen molar-refractivity contribution >= 4 is 18.0 Å². The quantitative estimate of drug-likeness (QED) is 0.579. The van der Waals surface area contributed by atoms with Crippen LogP contribution in [0.15, 0.2) is 18.2 Å². The molecule has 0 saturated heterocycles. The van der Waals surface area contributed by atoms with Crippen LogP contribution in [0.5, 0.6) is 5.75 Å². The maximum absolute atomic E-state index is 11.0. The van der Waals surface area contributed by atoms with Crippen LogP contribution in [-0.2, 0) is 9.53 Å². The summed E-state index contributed by atoms with van der Waals surface area (Å²) in [5.41, 5.74) is 1.26. The molecule has 128 valence electrons. The molecule has 1 saturated carbocycles. The number of carbonyl (C=O) groups is 1. The van der Waals surface area contributed by atoms with Gasteiger partial charge in [0, 0.05) is 32.1 Å². The van der Waals surface area contributed by atoms with E-state index in [1.165, 1.54) is 5.56 Å². The first-order valence-corrected chi connectivity index (χ1v) is 8.48. The van der Waals surface area contributed by atoms with Gasteiger partial charge in [-0.2, -0.15) is 0 Å². The molecule has 1 N–H and O–H groups in total. The van der Waals surface area contributed by atoms with Crippen molar-refractivity contribution in [2.24, 2.45) is 5.41 Å². The van der Waals surface area contributed by atoms with Crippen molar-refractivity contribution in [3.05, 3.63) is 28.8 Å². The lowest BCUT2D eigenvalue weighted by Gasteiger charge is -2.30. The normalized spacial score (nSPS) is 22.8. The molecule has 2 atom stereocenters. The van der Waals surface area contributed by atoms with E-state index >= 15 is 0 Å². The summed E-state index contributed by atoms with van der Waals surface area (Å²) in [7, 11) is 1.68. The van der Waals surface area contributed by atoms with Crippen LogP contribution in [0.2, 0.25) is 5.02 Å². The predicted octanol–water partition coefficient (Wildman–Crippen LogP) is 3.77. The molecule has 1 aliphatic carbocycles. The van der Waals surface area contributed by atoms with Crippen LogP contribution in [0.1, 0.15) is 44.6 Å². The van der Waals surface area contributed by atoms with Crippen LogP contribution >= 0.6 is 11.6 Å². The van der Waals surface area contributed by atoms with E-state index in [1.54, 1.807) is 7.11 Å². The fourth-order valence-electron chi connectivity index (χ4n) is 3.42. The zero-order valence-corrected chi connectivity index (χ0v) is 14.9. The van der Waals surface area contributed by atoms with Crippen molar-refractivity contribution < 1.29 is 14.3 Å². The van der Waals surface area contributed by atoms with Gasteiger partial charge in [0.25, 0.3) is 0 Å². The third-order valence-corrected chi connectivity index (χ3v) is 5.04. The Hall–Kier alpha value is -1.26. The Morgan fingerprint density at radius 3 is 2.87 bits per heavy atom. The minimum absolute atomic E-state index is 0.0880. The van der Waals surface area contributed by atoms with Gasteiger partial charge in [-0.3, -0.25) is 4.79 Å². The molecule has 0 heterocycles. The summed E-state index contributed by atoms with van der Waals surface area (Å²) in [4.78, 5) is 11.0. The Labute approximate surface area is 143 Å². The molecule has 0 bridgehead atoms. The van der Waals surface area contributed by atoms with Gasteiger partial charge in [0.05, 0.1) is 11.6 Å². The van der Waals surface area contributed by atoms with Crippen molar-refractivity contribution in [1.29, 1.82) is 0 Å². The van der Waals surface area contributed by atoms with E-state index in [0.29, 0.717) is 24.0 Å². The van der Waals surface area contributed by atoms with E-state index in [9.17, 15) is 4.79 Å². The predicted molar refractivity (Wildman–Crippen MR) is 92.2 cm³/mol. The van der Waals surface area contributed by atoms with E-state index in [4.69, 9.17) is 21.1 Å². The van der Waals surface area contributed by atoms with Crippen LogP contribution in [0.4, 0.5) is 0 Å². The number of rotatable bonds is 8. The largest absolute Gasteiger partial charge is 0.492 e. The zero-order chi connectivity index (χ0) is 16.9. The minimum atomic E-state index is 0.0880. The Kier molecular flexibility index (Phi) is 6.31. The first-order chi connectivity index (χ1) is 11.0. The minimum Gasteiger partial charge on any atom is -0.492 e. The van der Waals surface area contributed by atoms with Gasteiger partial charge in [0.15, 0.2) is 0 Å². The second-order valence-corrected chi connectivity index (χ2v) is 7.19. The van der Waals surface area contributed by atoms with E-state index < -0.39 is 0 Å². The van der Waals surface area contributed by atoms with Gasteiger partial charge in [0.2, 0.25) is 6.41 Å². The van der Waals surface area contributed by atoms with Crippen LogP contribution < -0.4 is 10.1 Å². The number of carbonyl (C=O) groups excluding carboxylic acids is 1. The number of amides is 1. The molecule has 1 amide bonds.